The third-order valence-electron chi connectivity index (χ3n) is 12.4. The number of benzene rings is 5. The number of nitrogens with zero attached hydrogens (tertiary/aromatic N) is 2. The van der Waals surface area contributed by atoms with E-state index in [2.05, 4.69) is 209 Å². The topological polar surface area (TPSA) is 73.9 Å². The second kappa shape index (κ2) is 14.0. The number of anilines is 2. The number of hydrogen-bond donors (Lipinski definition) is 4. The van der Waals surface area contributed by atoms with E-state index in [1.54, 1.807) is 0 Å². The number of allylic oxidation sites excluding steroid dienone is 5. The van der Waals surface area contributed by atoms with Gasteiger partial charge >= 0.3 is 0 Å². The van der Waals surface area contributed by atoms with Gasteiger partial charge in [0.2, 0.25) is 0 Å². The van der Waals surface area contributed by atoms with Gasteiger partial charge < -0.3 is 21.3 Å². The fourth-order valence-electron chi connectivity index (χ4n) is 9.11. The maximum absolute atomic E-state index is 5.25. The largest absolute Gasteiger partial charge is 0.376 e. The minimum atomic E-state index is -0.0794. The minimum absolute atomic E-state index is 0.0170. The summed E-state index contributed by atoms with van der Waals surface area (Å²) in [6.07, 6.45) is 22.3. The van der Waals surface area contributed by atoms with Crippen LogP contribution < -0.4 is 21.3 Å². The molecule has 0 fully saturated rings. The fraction of sp³-hybridized carbons (Fsp3) is 0.0741. The molecule has 5 aliphatic rings. The molecule has 4 aliphatic heterocycles. The molecule has 12 rings (SSSR count). The maximum Gasteiger partial charge on any atom is 0.0972 e. The molecule has 0 saturated carbocycles. The summed E-state index contributed by atoms with van der Waals surface area (Å²) in [6.45, 7) is 0. The molecule has 286 valence electrons. The molecule has 0 bridgehead atoms. The zero-order valence-electron chi connectivity index (χ0n) is 32.7. The number of aromatic nitrogens is 2. The summed E-state index contributed by atoms with van der Waals surface area (Å²) in [5.74, 6) is 0. The van der Waals surface area contributed by atoms with Gasteiger partial charge in [0.05, 0.1) is 46.6 Å². The van der Waals surface area contributed by atoms with Gasteiger partial charge in [-0.05, 0) is 69.3 Å². The zero-order chi connectivity index (χ0) is 39.6. The molecular weight excluding hydrogens is 733 g/mol. The van der Waals surface area contributed by atoms with Crippen molar-refractivity contribution in [3.05, 3.63) is 232 Å². The molecule has 0 spiro atoms. The Balaban J connectivity index is 0.784. The number of fused-ring (bicyclic) bond motifs is 7. The second-order valence-electron chi connectivity index (χ2n) is 16.0. The Morgan fingerprint density at radius 2 is 1.13 bits per heavy atom. The standard InChI is InChI=1S/C54H40N6/c1-3-7-33(8-4-1)43-26-21-37-13-14-39-23-28-46(59-52(39)51(37)57-43)42-18-12-35-19-25-45(55-49(35)32-42)41-17-11-36-20-29-47(56-50(36)31-41)48-30-24-40-16-15-38-22-27-44(34-9-5-2-6-10-34)58-53(38)54(40)60-48/h1-32,43,45,47,52,55-57,59H. The highest BCUT2D eigenvalue weighted by Gasteiger charge is 2.30. The highest BCUT2D eigenvalue weighted by molar-refractivity contribution is 6.03. The molecule has 6 heteroatoms. The van der Waals surface area contributed by atoms with Gasteiger partial charge in [-0.15, -0.1) is 0 Å². The van der Waals surface area contributed by atoms with E-state index in [9.17, 15) is 0 Å². The summed E-state index contributed by atoms with van der Waals surface area (Å²) >= 11 is 0. The Bertz CT molecular complexity index is 3110. The lowest BCUT2D eigenvalue weighted by atomic mass is 9.87. The molecule has 4 N–H and O–H groups in total. The number of nitrogens with one attached hydrogen (secondary N) is 4. The number of dihydropyridines is 2. The Kier molecular flexibility index (Phi) is 8.01. The van der Waals surface area contributed by atoms with E-state index >= 15 is 0 Å². The number of rotatable bonds is 5. The molecule has 7 aromatic rings. The summed E-state index contributed by atoms with van der Waals surface area (Å²) in [6, 6.07) is 47.3. The van der Waals surface area contributed by atoms with Crippen molar-refractivity contribution >= 4 is 51.0 Å². The van der Waals surface area contributed by atoms with Crippen molar-refractivity contribution < 1.29 is 0 Å². The van der Waals surface area contributed by atoms with Crippen LogP contribution in [0.5, 0.6) is 0 Å². The SMILES string of the molecule is C1=CC2=C(NC(c3ccccc3)C=C2)C2NC(c3ccc4c(c3)NC(c3ccc5c(c3)NC(c3ccc6ccc7ccc(-c8ccccc8)nc7c6n3)C=C5)C=C4)=CC=C12. The van der Waals surface area contributed by atoms with Gasteiger partial charge in [-0.25, -0.2) is 9.97 Å². The van der Waals surface area contributed by atoms with Crippen LogP contribution in [0.3, 0.4) is 0 Å². The first-order valence-corrected chi connectivity index (χ1v) is 20.7. The Morgan fingerprint density at radius 3 is 1.98 bits per heavy atom. The first kappa shape index (κ1) is 34.4. The lowest BCUT2D eigenvalue weighted by molar-refractivity contribution is 0.613. The van der Waals surface area contributed by atoms with Crippen LogP contribution >= 0.6 is 0 Å². The molecule has 2 aromatic heterocycles. The van der Waals surface area contributed by atoms with Gasteiger partial charge in [-0.2, -0.15) is 0 Å². The summed E-state index contributed by atoms with van der Waals surface area (Å²) in [5, 5.41) is 17.6. The summed E-state index contributed by atoms with van der Waals surface area (Å²) in [5.41, 5.74) is 17.8. The number of hydrogen-bond acceptors (Lipinski definition) is 6. The van der Waals surface area contributed by atoms with Gasteiger partial charge in [-0.1, -0.05) is 164 Å². The quantitative estimate of drug-likeness (QED) is 0.131. The summed E-state index contributed by atoms with van der Waals surface area (Å²) < 4.78 is 0. The van der Waals surface area contributed by atoms with Gasteiger partial charge in [0.1, 0.15) is 0 Å². The Labute approximate surface area is 348 Å². The van der Waals surface area contributed by atoms with Crippen LogP contribution in [0.2, 0.25) is 0 Å². The molecule has 0 saturated heterocycles. The zero-order valence-corrected chi connectivity index (χ0v) is 32.7. The van der Waals surface area contributed by atoms with E-state index < -0.39 is 0 Å². The maximum atomic E-state index is 5.25. The van der Waals surface area contributed by atoms with Crippen molar-refractivity contribution in [2.24, 2.45) is 0 Å². The molecule has 4 unspecified atom stereocenters. The molecule has 0 amide bonds. The van der Waals surface area contributed by atoms with Crippen molar-refractivity contribution in [2.45, 2.75) is 24.2 Å². The van der Waals surface area contributed by atoms with Crippen LogP contribution in [0.15, 0.2) is 199 Å². The lowest BCUT2D eigenvalue weighted by Crippen LogP contribution is -2.42. The Hall–Kier alpha value is -7.70. The van der Waals surface area contributed by atoms with Crippen molar-refractivity contribution in [1.82, 2.24) is 20.6 Å². The molecule has 1 aliphatic carbocycles. The second-order valence-corrected chi connectivity index (χ2v) is 16.0. The van der Waals surface area contributed by atoms with Crippen LogP contribution in [0.25, 0.3) is 50.9 Å². The molecule has 6 nitrogen and oxygen atoms in total. The van der Waals surface area contributed by atoms with Crippen molar-refractivity contribution in [3.8, 4) is 11.3 Å². The van der Waals surface area contributed by atoms with E-state index in [1.165, 1.54) is 33.5 Å². The average molecular weight is 773 g/mol. The molecule has 4 atom stereocenters. The van der Waals surface area contributed by atoms with Gasteiger partial charge in [0.25, 0.3) is 0 Å². The molecule has 60 heavy (non-hydrogen) atoms. The van der Waals surface area contributed by atoms with Crippen LogP contribution in [-0.4, -0.2) is 16.0 Å². The molecule has 5 aromatic carbocycles. The monoisotopic (exact) mass is 772 g/mol. The van der Waals surface area contributed by atoms with E-state index in [0.717, 1.165) is 67.0 Å². The summed E-state index contributed by atoms with van der Waals surface area (Å²) in [7, 11) is 0. The highest BCUT2D eigenvalue weighted by atomic mass is 15.0. The predicted octanol–water partition coefficient (Wildman–Crippen LogP) is 11.8. The van der Waals surface area contributed by atoms with E-state index in [1.807, 2.05) is 6.07 Å². The van der Waals surface area contributed by atoms with E-state index in [-0.39, 0.29) is 24.2 Å². The molecule has 6 heterocycles. The van der Waals surface area contributed by atoms with Gasteiger partial charge in [0, 0.05) is 39.1 Å². The van der Waals surface area contributed by atoms with Crippen LogP contribution in [0.1, 0.15) is 51.6 Å². The Morgan fingerprint density at radius 1 is 0.450 bits per heavy atom. The van der Waals surface area contributed by atoms with E-state index in [4.69, 9.17) is 9.97 Å². The average Bonchev–Trinajstić information content (AvgIpc) is 3.33. The third kappa shape index (κ3) is 6.04. The molecule has 0 radical (unpaired) electrons. The highest BCUT2D eigenvalue weighted by Crippen LogP contribution is 2.39. The first-order valence-electron chi connectivity index (χ1n) is 20.7. The smallest absolute Gasteiger partial charge is 0.0972 e. The van der Waals surface area contributed by atoms with Crippen LogP contribution in [0.4, 0.5) is 11.4 Å². The normalized spacial score (nSPS) is 20.7. The third-order valence-corrected chi connectivity index (χ3v) is 12.4. The lowest BCUT2D eigenvalue weighted by Gasteiger charge is -2.36. The van der Waals surface area contributed by atoms with Crippen LogP contribution in [0, 0.1) is 0 Å². The van der Waals surface area contributed by atoms with Crippen molar-refractivity contribution in [3.63, 3.8) is 0 Å². The fourth-order valence-corrected chi connectivity index (χ4v) is 9.11. The molecular formula is C54H40N6. The predicted molar refractivity (Wildman–Crippen MR) is 247 cm³/mol. The minimum Gasteiger partial charge on any atom is -0.376 e. The van der Waals surface area contributed by atoms with Gasteiger partial charge in [-0.3, -0.25) is 0 Å². The first-order chi connectivity index (χ1) is 29.7. The number of pyridine rings is 2. The summed E-state index contributed by atoms with van der Waals surface area (Å²) in [4.78, 5) is 10.4. The van der Waals surface area contributed by atoms with Crippen molar-refractivity contribution in [2.75, 3.05) is 10.6 Å². The van der Waals surface area contributed by atoms with Crippen LogP contribution in [-0.2, 0) is 0 Å². The van der Waals surface area contributed by atoms with E-state index in [0.29, 0.717) is 0 Å². The van der Waals surface area contributed by atoms with Crippen molar-refractivity contribution in [1.29, 1.82) is 0 Å². The van der Waals surface area contributed by atoms with Gasteiger partial charge in [0.15, 0.2) is 0 Å².